The number of nitrogens with two attached hydrogens (primary N) is 1. The fourth-order valence-electron chi connectivity index (χ4n) is 2.61. The lowest BCUT2D eigenvalue weighted by atomic mass is 9.92. The molecule has 1 fully saturated rings. The van der Waals surface area contributed by atoms with Crippen molar-refractivity contribution in [3.05, 3.63) is 12.4 Å². The lowest BCUT2D eigenvalue weighted by Gasteiger charge is -2.35. The maximum absolute atomic E-state index is 11.1. The van der Waals surface area contributed by atoms with Gasteiger partial charge >= 0.3 is 0 Å². The van der Waals surface area contributed by atoms with Crippen molar-refractivity contribution in [2.75, 3.05) is 23.7 Å². The van der Waals surface area contributed by atoms with E-state index in [9.17, 15) is 4.79 Å². The van der Waals surface area contributed by atoms with Gasteiger partial charge in [-0.2, -0.15) is 0 Å². The Bertz CT molecular complexity index is 460. The maximum atomic E-state index is 11.1. The Morgan fingerprint density at radius 3 is 2.80 bits per heavy atom. The molecule has 2 heterocycles. The van der Waals surface area contributed by atoms with Crippen molar-refractivity contribution >= 4 is 23.5 Å². The van der Waals surface area contributed by atoms with E-state index < -0.39 is 0 Å². The number of rotatable bonds is 4. The first-order valence-corrected chi connectivity index (χ1v) is 7.76. The first kappa shape index (κ1) is 15.1. The highest BCUT2D eigenvalue weighted by molar-refractivity contribution is 7.99. The second kappa shape index (κ2) is 6.90. The molecule has 0 radical (unpaired) electrons. The number of amides is 1. The van der Waals surface area contributed by atoms with E-state index in [1.165, 1.54) is 18.2 Å². The summed E-state index contributed by atoms with van der Waals surface area (Å²) >= 11 is 1.36. The fourth-order valence-corrected chi connectivity index (χ4v) is 3.29. The van der Waals surface area contributed by atoms with Crippen LogP contribution in [-0.4, -0.2) is 34.7 Å². The molecule has 1 aliphatic heterocycles. The molecule has 0 aromatic carbocycles. The van der Waals surface area contributed by atoms with Gasteiger partial charge in [0, 0.05) is 19.2 Å². The minimum absolute atomic E-state index is 0.213. The van der Waals surface area contributed by atoms with Gasteiger partial charge in [0.25, 0.3) is 0 Å². The Hall–Kier alpha value is -1.34. The van der Waals surface area contributed by atoms with E-state index in [1.54, 1.807) is 6.33 Å². The van der Waals surface area contributed by atoms with E-state index in [-0.39, 0.29) is 11.7 Å². The SMILES string of the molecule is CC1CC(C)CN(c2cc(SCC(=O)NN)ncn2)C1. The molecule has 0 saturated carbocycles. The van der Waals surface area contributed by atoms with Crippen molar-refractivity contribution < 1.29 is 4.79 Å². The molecule has 2 unspecified atom stereocenters. The zero-order valence-electron chi connectivity index (χ0n) is 11.9. The maximum Gasteiger partial charge on any atom is 0.244 e. The highest BCUT2D eigenvalue weighted by Gasteiger charge is 2.23. The van der Waals surface area contributed by atoms with Crippen LogP contribution in [0.2, 0.25) is 0 Å². The zero-order valence-corrected chi connectivity index (χ0v) is 12.7. The van der Waals surface area contributed by atoms with Crippen LogP contribution in [0.25, 0.3) is 0 Å². The normalized spacial score (nSPS) is 22.6. The third-order valence-electron chi connectivity index (χ3n) is 3.33. The molecule has 7 heteroatoms. The number of hydrazine groups is 1. The average Bonchev–Trinajstić information content (AvgIpc) is 2.44. The summed E-state index contributed by atoms with van der Waals surface area (Å²) in [4.78, 5) is 22.0. The number of thioether (sulfide) groups is 1. The average molecular weight is 295 g/mol. The Labute approximate surface area is 123 Å². The van der Waals surface area contributed by atoms with Gasteiger partial charge in [-0.25, -0.2) is 15.8 Å². The van der Waals surface area contributed by atoms with Crippen molar-refractivity contribution in [2.24, 2.45) is 17.7 Å². The molecule has 1 aliphatic rings. The van der Waals surface area contributed by atoms with Gasteiger partial charge in [-0.3, -0.25) is 10.2 Å². The predicted octanol–water partition coefficient (Wildman–Crippen LogP) is 1.04. The summed E-state index contributed by atoms with van der Waals surface area (Å²) in [5.74, 6) is 7.40. The Balaban J connectivity index is 2.03. The number of carbonyl (C=O) groups excluding carboxylic acids is 1. The van der Waals surface area contributed by atoms with E-state index in [2.05, 4.69) is 34.1 Å². The van der Waals surface area contributed by atoms with Gasteiger partial charge < -0.3 is 4.90 Å². The van der Waals surface area contributed by atoms with Crippen LogP contribution >= 0.6 is 11.8 Å². The molecule has 1 saturated heterocycles. The highest BCUT2D eigenvalue weighted by atomic mass is 32.2. The van der Waals surface area contributed by atoms with E-state index >= 15 is 0 Å². The zero-order chi connectivity index (χ0) is 14.5. The summed E-state index contributed by atoms with van der Waals surface area (Å²) in [5.41, 5.74) is 2.11. The molecule has 2 rings (SSSR count). The Morgan fingerprint density at radius 1 is 1.45 bits per heavy atom. The number of piperidine rings is 1. The number of nitrogens with one attached hydrogen (secondary N) is 1. The van der Waals surface area contributed by atoms with Crippen molar-refractivity contribution in [3.63, 3.8) is 0 Å². The first-order valence-electron chi connectivity index (χ1n) is 6.77. The fraction of sp³-hybridized carbons (Fsp3) is 0.615. The van der Waals surface area contributed by atoms with Crippen molar-refractivity contribution in [1.82, 2.24) is 15.4 Å². The van der Waals surface area contributed by atoms with E-state index in [0.29, 0.717) is 11.8 Å². The molecule has 3 N–H and O–H groups in total. The third kappa shape index (κ3) is 4.08. The van der Waals surface area contributed by atoms with Gasteiger partial charge in [0.1, 0.15) is 17.2 Å². The van der Waals surface area contributed by atoms with E-state index in [4.69, 9.17) is 5.84 Å². The molecule has 1 amide bonds. The Morgan fingerprint density at radius 2 is 2.15 bits per heavy atom. The summed E-state index contributed by atoms with van der Waals surface area (Å²) in [6, 6.07) is 1.94. The van der Waals surface area contributed by atoms with E-state index in [0.717, 1.165) is 23.9 Å². The van der Waals surface area contributed by atoms with Crippen LogP contribution in [0.4, 0.5) is 5.82 Å². The number of hydrogen-bond acceptors (Lipinski definition) is 6. The van der Waals surface area contributed by atoms with Crippen molar-refractivity contribution in [3.8, 4) is 0 Å². The highest BCUT2D eigenvalue weighted by Crippen LogP contribution is 2.26. The Kier molecular flexibility index (Phi) is 5.19. The molecule has 0 bridgehead atoms. The van der Waals surface area contributed by atoms with Gasteiger partial charge in [-0.1, -0.05) is 25.6 Å². The quantitative estimate of drug-likeness (QED) is 0.284. The second-order valence-electron chi connectivity index (χ2n) is 5.42. The molecular formula is C13H21N5OS. The van der Waals surface area contributed by atoms with Crippen LogP contribution in [-0.2, 0) is 4.79 Å². The molecule has 0 spiro atoms. The van der Waals surface area contributed by atoms with E-state index in [1.807, 2.05) is 6.07 Å². The minimum atomic E-state index is -0.213. The summed E-state index contributed by atoms with van der Waals surface area (Å²) < 4.78 is 0. The van der Waals surface area contributed by atoms with Gasteiger partial charge in [-0.15, -0.1) is 0 Å². The number of aromatic nitrogens is 2. The van der Waals surface area contributed by atoms with Gasteiger partial charge in [0.15, 0.2) is 0 Å². The van der Waals surface area contributed by atoms with Gasteiger partial charge in [0.05, 0.1) is 5.75 Å². The van der Waals surface area contributed by atoms with Gasteiger partial charge in [0.2, 0.25) is 5.91 Å². The molecule has 1 aromatic heterocycles. The molecule has 2 atom stereocenters. The van der Waals surface area contributed by atoms with Crippen LogP contribution < -0.4 is 16.2 Å². The summed E-state index contributed by atoms with van der Waals surface area (Å²) in [5, 5.41) is 0.796. The van der Waals surface area contributed by atoms with Crippen molar-refractivity contribution in [1.29, 1.82) is 0 Å². The van der Waals surface area contributed by atoms with Crippen LogP contribution in [0.3, 0.4) is 0 Å². The van der Waals surface area contributed by atoms with Crippen LogP contribution in [0.5, 0.6) is 0 Å². The van der Waals surface area contributed by atoms with Crippen LogP contribution in [0.1, 0.15) is 20.3 Å². The number of carbonyl (C=O) groups is 1. The number of hydrogen-bond donors (Lipinski definition) is 2. The molecule has 110 valence electrons. The number of anilines is 1. The molecule has 1 aromatic rings. The van der Waals surface area contributed by atoms with Crippen LogP contribution in [0.15, 0.2) is 17.4 Å². The predicted molar refractivity (Wildman–Crippen MR) is 80.2 cm³/mol. The topological polar surface area (TPSA) is 84.1 Å². The molecule has 6 nitrogen and oxygen atoms in total. The summed E-state index contributed by atoms with van der Waals surface area (Å²) in [6.07, 6.45) is 2.82. The minimum Gasteiger partial charge on any atom is -0.356 e. The lowest BCUT2D eigenvalue weighted by molar-refractivity contribution is -0.118. The van der Waals surface area contributed by atoms with Gasteiger partial charge in [-0.05, 0) is 18.3 Å². The number of nitrogens with zero attached hydrogens (tertiary/aromatic N) is 3. The van der Waals surface area contributed by atoms with Crippen molar-refractivity contribution in [2.45, 2.75) is 25.3 Å². The largest absolute Gasteiger partial charge is 0.356 e. The first-order chi connectivity index (χ1) is 9.58. The summed E-state index contributed by atoms with van der Waals surface area (Å²) in [6.45, 7) is 6.58. The monoisotopic (exact) mass is 295 g/mol. The molecular weight excluding hydrogens is 274 g/mol. The lowest BCUT2D eigenvalue weighted by Crippen LogP contribution is -2.39. The third-order valence-corrected chi connectivity index (χ3v) is 4.26. The molecule has 20 heavy (non-hydrogen) atoms. The standard InChI is InChI=1S/C13H21N5OS/c1-9-3-10(2)6-18(5-9)11-4-13(16-8-15-11)20-7-12(19)17-14/h4,8-10H,3,5-7,14H2,1-2H3,(H,17,19). The smallest absolute Gasteiger partial charge is 0.244 e. The second-order valence-corrected chi connectivity index (χ2v) is 6.42. The van der Waals surface area contributed by atoms with Crippen LogP contribution in [0, 0.1) is 11.8 Å². The summed E-state index contributed by atoms with van der Waals surface area (Å²) in [7, 11) is 0. The molecule has 0 aliphatic carbocycles.